The maximum absolute atomic E-state index is 11.4. The van der Waals surface area contributed by atoms with Gasteiger partial charge in [-0.05, 0) is 44.1 Å². The minimum absolute atomic E-state index is 0.118. The third-order valence-electron chi connectivity index (χ3n) is 2.53. The Hall–Kier alpha value is -0.870. The lowest BCUT2D eigenvalue weighted by Gasteiger charge is -2.06. The van der Waals surface area contributed by atoms with Gasteiger partial charge in [0.1, 0.15) is 0 Å². The number of carbonyl (C=O) groups excluding carboxylic acids is 1. The van der Waals surface area contributed by atoms with Crippen molar-refractivity contribution >= 4 is 17.2 Å². The number of thiophene rings is 1. The number of aliphatic hydroxyl groups is 1. The van der Waals surface area contributed by atoms with Gasteiger partial charge in [0.2, 0.25) is 5.91 Å². The van der Waals surface area contributed by atoms with Gasteiger partial charge < -0.3 is 10.4 Å². The molecule has 0 aliphatic heterocycles. The van der Waals surface area contributed by atoms with Gasteiger partial charge in [-0.15, -0.1) is 11.3 Å². The first-order chi connectivity index (χ1) is 8.18. The molecule has 0 aromatic carbocycles. The molecule has 1 rings (SSSR count). The number of amides is 1. The topological polar surface area (TPSA) is 49.3 Å². The molecular weight excluding hydrogens is 234 g/mol. The van der Waals surface area contributed by atoms with Crippen molar-refractivity contribution in [1.82, 2.24) is 5.32 Å². The van der Waals surface area contributed by atoms with Crippen molar-refractivity contribution in [2.24, 2.45) is 0 Å². The molecule has 0 aliphatic rings. The van der Waals surface area contributed by atoms with Crippen molar-refractivity contribution in [3.05, 3.63) is 22.4 Å². The van der Waals surface area contributed by atoms with E-state index in [1.807, 2.05) is 6.07 Å². The van der Waals surface area contributed by atoms with Crippen LogP contribution in [0.3, 0.4) is 0 Å². The van der Waals surface area contributed by atoms with Crippen molar-refractivity contribution in [3.8, 4) is 0 Å². The van der Waals surface area contributed by atoms with E-state index in [1.54, 1.807) is 18.3 Å². The Labute approximate surface area is 107 Å². The Morgan fingerprint density at radius 2 is 2.35 bits per heavy atom. The van der Waals surface area contributed by atoms with Crippen LogP contribution in [0, 0.1) is 0 Å². The molecule has 17 heavy (non-hydrogen) atoms. The fraction of sp³-hybridized carbons (Fsp3) is 0.615. The molecule has 3 nitrogen and oxygen atoms in total. The molecule has 0 fully saturated rings. The Kier molecular flexibility index (Phi) is 6.89. The van der Waals surface area contributed by atoms with Crippen molar-refractivity contribution in [2.75, 3.05) is 6.54 Å². The van der Waals surface area contributed by atoms with E-state index < -0.39 is 0 Å². The molecule has 96 valence electrons. The zero-order valence-electron chi connectivity index (χ0n) is 10.3. The molecule has 2 N–H and O–H groups in total. The Morgan fingerprint density at radius 3 is 3.00 bits per heavy atom. The fourth-order valence-electron chi connectivity index (χ4n) is 1.59. The van der Waals surface area contributed by atoms with Crippen molar-refractivity contribution < 1.29 is 9.90 Å². The van der Waals surface area contributed by atoms with E-state index >= 15 is 0 Å². The number of carbonyl (C=O) groups is 1. The maximum Gasteiger partial charge on any atom is 0.220 e. The highest BCUT2D eigenvalue weighted by molar-refractivity contribution is 7.09. The van der Waals surface area contributed by atoms with Crippen LogP contribution in [0.15, 0.2) is 17.5 Å². The molecule has 1 atom stereocenters. The average molecular weight is 255 g/mol. The molecular formula is C13H21NO2S. The molecule has 0 saturated heterocycles. The van der Waals surface area contributed by atoms with Crippen molar-refractivity contribution in [3.63, 3.8) is 0 Å². The van der Waals surface area contributed by atoms with Crippen LogP contribution in [0.2, 0.25) is 0 Å². The van der Waals surface area contributed by atoms with E-state index in [-0.39, 0.29) is 12.0 Å². The molecule has 1 heterocycles. The summed E-state index contributed by atoms with van der Waals surface area (Å²) in [4.78, 5) is 12.8. The van der Waals surface area contributed by atoms with Crippen molar-refractivity contribution in [2.45, 2.75) is 45.1 Å². The van der Waals surface area contributed by atoms with E-state index in [4.69, 9.17) is 5.11 Å². The van der Waals surface area contributed by atoms with Crippen LogP contribution < -0.4 is 5.32 Å². The van der Waals surface area contributed by atoms with Crippen LogP contribution in [0.25, 0.3) is 0 Å². The fourth-order valence-corrected chi connectivity index (χ4v) is 2.34. The van der Waals surface area contributed by atoms with E-state index in [1.165, 1.54) is 4.88 Å². The summed E-state index contributed by atoms with van der Waals surface area (Å²) in [5.41, 5.74) is 0. The summed E-state index contributed by atoms with van der Waals surface area (Å²) in [6, 6.07) is 4.14. The van der Waals surface area contributed by atoms with Gasteiger partial charge in [0.05, 0.1) is 6.10 Å². The molecule has 4 heteroatoms. The summed E-state index contributed by atoms with van der Waals surface area (Å²) in [7, 11) is 0. The SMILES string of the molecule is CC(O)CCCNC(=O)CCCc1cccs1. The quantitative estimate of drug-likeness (QED) is 0.701. The molecule has 0 saturated carbocycles. The van der Waals surface area contributed by atoms with Crippen molar-refractivity contribution in [1.29, 1.82) is 0 Å². The molecule has 1 aromatic heterocycles. The largest absolute Gasteiger partial charge is 0.393 e. The number of nitrogens with one attached hydrogen (secondary N) is 1. The second-order valence-corrected chi connectivity index (χ2v) is 5.31. The molecule has 1 amide bonds. The molecule has 0 aliphatic carbocycles. The van der Waals surface area contributed by atoms with Crippen LogP contribution in [0.1, 0.15) is 37.5 Å². The summed E-state index contributed by atoms with van der Waals surface area (Å²) in [5.74, 6) is 0.118. The van der Waals surface area contributed by atoms with Gasteiger partial charge in [0.25, 0.3) is 0 Å². The first-order valence-corrected chi connectivity index (χ1v) is 7.03. The molecule has 0 bridgehead atoms. The van der Waals surface area contributed by atoms with E-state index in [0.29, 0.717) is 13.0 Å². The normalized spacial score (nSPS) is 12.4. The molecule has 0 radical (unpaired) electrons. The summed E-state index contributed by atoms with van der Waals surface area (Å²) in [6.07, 6.45) is 3.79. The second-order valence-electron chi connectivity index (χ2n) is 4.27. The molecule has 1 unspecified atom stereocenters. The monoisotopic (exact) mass is 255 g/mol. The smallest absolute Gasteiger partial charge is 0.220 e. The maximum atomic E-state index is 11.4. The lowest BCUT2D eigenvalue weighted by atomic mass is 10.2. The minimum atomic E-state index is -0.272. The van der Waals surface area contributed by atoms with Gasteiger partial charge in [0.15, 0.2) is 0 Å². The number of hydrogen-bond donors (Lipinski definition) is 2. The summed E-state index contributed by atoms with van der Waals surface area (Å²) in [5, 5.41) is 14.0. The second kappa shape index (κ2) is 8.25. The Balaban J connectivity index is 1.98. The third-order valence-corrected chi connectivity index (χ3v) is 3.46. The van der Waals surface area contributed by atoms with E-state index in [2.05, 4.69) is 16.8 Å². The minimum Gasteiger partial charge on any atom is -0.393 e. The summed E-state index contributed by atoms with van der Waals surface area (Å²) >= 11 is 1.74. The summed E-state index contributed by atoms with van der Waals surface area (Å²) < 4.78 is 0. The van der Waals surface area contributed by atoms with Gasteiger partial charge in [-0.1, -0.05) is 6.07 Å². The highest BCUT2D eigenvalue weighted by Crippen LogP contribution is 2.11. The summed E-state index contributed by atoms with van der Waals surface area (Å²) in [6.45, 7) is 2.44. The van der Waals surface area contributed by atoms with Gasteiger partial charge in [-0.25, -0.2) is 0 Å². The van der Waals surface area contributed by atoms with Crippen LogP contribution in [0.4, 0.5) is 0 Å². The van der Waals surface area contributed by atoms with Gasteiger partial charge in [0, 0.05) is 17.8 Å². The Morgan fingerprint density at radius 1 is 1.53 bits per heavy atom. The highest BCUT2D eigenvalue weighted by atomic mass is 32.1. The number of rotatable bonds is 8. The standard InChI is InChI=1S/C13H21NO2S/c1-11(15)5-3-9-14-13(16)8-2-6-12-7-4-10-17-12/h4,7,10-11,15H,2-3,5-6,8-9H2,1H3,(H,14,16). The number of hydrogen-bond acceptors (Lipinski definition) is 3. The van der Waals surface area contributed by atoms with Crippen LogP contribution >= 0.6 is 11.3 Å². The van der Waals surface area contributed by atoms with Gasteiger partial charge in [-0.3, -0.25) is 4.79 Å². The average Bonchev–Trinajstić information content (AvgIpc) is 2.77. The molecule has 0 spiro atoms. The third kappa shape index (κ3) is 7.13. The van der Waals surface area contributed by atoms with Gasteiger partial charge >= 0.3 is 0 Å². The number of aliphatic hydroxyl groups excluding tert-OH is 1. The predicted octanol–water partition coefficient (Wildman–Crippen LogP) is 2.35. The first-order valence-electron chi connectivity index (χ1n) is 6.15. The lowest BCUT2D eigenvalue weighted by molar-refractivity contribution is -0.121. The zero-order chi connectivity index (χ0) is 12.5. The number of aryl methyl sites for hydroxylation is 1. The predicted molar refractivity (Wildman–Crippen MR) is 71.2 cm³/mol. The highest BCUT2D eigenvalue weighted by Gasteiger charge is 2.02. The molecule has 1 aromatic rings. The van der Waals surface area contributed by atoms with Crippen LogP contribution in [0.5, 0.6) is 0 Å². The zero-order valence-corrected chi connectivity index (χ0v) is 11.1. The Bertz CT molecular complexity index is 309. The van der Waals surface area contributed by atoms with Crippen LogP contribution in [-0.4, -0.2) is 23.7 Å². The van der Waals surface area contributed by atoms with E-state index in [0.717, 1.165) is 25.7 Å². The van der Waals surface area contributed by atoms with Gasteiger partial charge in [-0.2, -0.15) is 0 Å². The van der Waals surface area contributed by atoms with E-state index in [9.17, 15) is 4.79 Å². The van der Waals surface area contributed by atoms with Crippen LogP contribution in [-0.2, 0) is 11.2 Å². The lowest BCUT2D eigenvalue weighted by Crippen LogP contribution is -2.24. The first kappa shape index (κ1) is 14.2.